The molecule has 1 aromatic carbocycles. The van der Waals surface area contributed by atoms with E-state index in [2.05, 4.69) is 16.0 Å². The van der Waals surface area contributed by atoms with Crippen molar-refractivity contribution in [3.63, 3.8) is 0 Å². The maximum absolute atomic E-state index is 12.5. The molecule has 0 atom stereocenters. The third-order valence-corrected chi connectivity index (χ3v) is 5.31. The standard InChI is InChI=1S/C17H15N3O2S2/c1-22-12-6-4-5-11(9-12)13-10-24-16-14(13)15(21)19-17(20-16)23-8-3-2-7-18/h4-6,9-10H,2-3,8H2,1H3,(H,19,20,21). The van der Waals surface area contributed by atoms with E-state index >= 15 is 0 Å². The summed E-state index contributed by atoms with van der Waals surface area (Å²) in [7, 11) is 1.62. The molecule has 0 aliphatic heterocycles. The van der Waals surface area contributed by atoms with Crippen molar-refractivity contribution in [3.8, 4) is 22.9 Å². The van der Waals surface area contributed by atoms with Gasteiger partial charge >= 0.3 is 0 Å². The maximum atomic E-state index is 12.5. The molecule has 0 saturated carbocycles. The van der Waals surface area contributed by atoms with E-state index in [9.17, 15) is 4.79 Å². The Morgan fingerprint density at radius 3 is 3.12 bits per heavy atom. The molecule has 0 aliphatic carbocycles. The van der Waals surface area contributed by atoms with E-state index < -0.39 is 0 Å². The van der Waals surface area contributed by atoms with Gasteiger partial charge in [0, 0.05) is 23.1 Å². The molecular formula is C17H15N3O2S2. The second-order valence-corrected chi connectivity index (χ2v) is 6.98. The summed E-state index contributed by atoms with van der Waals surface area (Å²) < 4.78 is 5.25. The Morgan fingerprint density at radius 1 is 1.46 bits per heavy atom. The molecule has 0 fully saturated rings. The third kappa shape index (κ3) is 3.45. The van der Waals surface area contributed by atoms with E-state index in [4.69, 9.17) is 10.00 Å². The Labute approximate surface area is 147 Å². The number of thiophene rings is 1. The van der Waals surface area contributed by atoms with E-state index in [0.29, 0.717) is 17.0 Å². The highest BCUT2D eigenvalue weighted by Crippen LogP contribution is 2.33. The highest BCUT2D eigenvalue weighted by atomic mass is 32.2. The number of nitrogens with one attached hydrogen (secondary N) is 1. The van der Waals surface area contributed by atoms with E-state index in [1.54, 1.807) is 7.11 Å². The van der Waals surface area contributed by atoms with Crippen molar-refractivity contribution in [2.24, 2.45) is 0 Å². The fourth-order valence-corrected chi connectivity index (χ4v) is 4.13. The molecule has 5 nitrogen and oxygen atoms in total. The Kier molecular flexibility index (Phi) is 5.18. The van der Waals surface area contributed by atoms with Crippen LogP contribution in [0.4, 0.5) is 0 Å². The number of ether oxygens (including phenoxy) is 1. The lowest BCUT2D eigenvalue weighted by Gasteiger charge is -2.04. The fourth-order valence-electron chi connectivity index (χ4n) is 2.32. The first-order valence-corrected chi connectivity index (χ1v) is 9.25. The summed E-state index contributed by atoms with van der Waals surface area (Å²) in [6.45, 7) is 0. The average molecular weight is 357 g/mol. The second kappa shape index (κ2) is 7.51. The molecule has 0 saturated heterocycles. The molecule has 1 N–H and O–H groups in total. The lowest BCUT2D eigenvalue weighted by molar-refractivity contribution is 0.415. The van der Waals surface area contributed by atoms with Gasteiger partial charge in [-0.15, -0.1) is 11.3 Å². The average Bonchev–Trinajstić information content (AvgIpc) is 3.03. The number of aromatic nitrogens is 2. The molecule has 0 amide bonds. The minimum absolute atomic E-state index is 0.137. The van der Waals surface area contributed by atoms with Gasteiger partial charge in [-0.2, -0.15) is 5.26 Å². The van der Waals surface area contributed by atoms with Gasteiger partial charge in [-0.05, 0) is 24.1 Å². The highest BCUT2D eigenvalue weighted by molar-refractivity contribution is 7.99. The SMILES string of the molecule is COc1cccc(-c2csc3nc(SCCCC#N)[nH]c(=O)c23)c1. The molecule has 2 aromatic heterocycles. The van der Waals surface area contributed by atoms with Gasteiger partial charge in [0.15, 0.2) is 5.16 Å². The van der Waals surface area contributed by atoms with Gasteiger partial charge in [0.1, 0.15) is 10.6 Å². The van der Waals surface area contributed by atoms with Crippen LogP contribution in [-0.4, -0.2) is 22.8 Å². The monoisotopic (exact) mass is 357 g/mol. The van der Waals surface area contributed by atoms with Crippen molar-refractivity contribution in [1.29, 1.82) is 5.26 Å². The summed E-state index contributed by atoms with van der Waals surface area (Å²) in [5.41, 5.74) is 1.66. The van der Waals surface area contributed by atoms with Crippen molar-refractivity contribution < 1.29 is 4.74 Å². The number of methoxy groups -OCH3 is 1. The van der Waals surface area contributed by atoms with Crippen LogP contribution >= 0.6 is 23.1 Å². The van der Waals surface area contributed by atoms with Crippen LogP contribution in [0.15, 0.2) is 39.6 Å². The lowest BCUT2D eigenvalue weighted by atomic mass is 10.1. The van der Waals surface area contributed by atoms with Crippen LogP contribution in [0.2, 0.25) is 0 Å². The molecule has 0 aliphatic rings. The Bertz CT molecular complexity index is 956. The third-order valence-electron chi connectivity index (χ3n) is 3.47. The molecule has 2 heterocycles. The van der Waals surface area contributed by atoms with Crippen molar-refractivity contribution in [2.45, 2.75) is 18.0 Å². The van der Waals surface area contributed by atoms with Crippen molar-refractivity contribution in [3.05, 3.63) is 40.0 Å². The number of unbranched alkanes of at least 4 members (excludes halogenated alkanes) is 1. The molecule has 24 heavy (non-hydrogen) atoms. The number of thioether (sulfide) groups is 1. The molecule has 3 aromatic rings. The minimum Gasteiger partial charge on any atom is -0.497 e. The molecule has 0 spiro atoms. The summed E-state index contributed by atoms with van der Waals surface area (Å²) in [5, 5.41) is 11.7. The number of nitrogens with zero attached hydrogens (tertiary/aromatic N) is 2. The van der Waals surface area contributed by atoms with Crippen LogP contribution in [0.1, 0.15) is 12.8 Å². The minimum atomic E-state index is -0.137. The number of nitriles is 1. The van der Waals surface area contributed by atoms with Crippen LogP contribution in [0.5, 0.6) is 5.75 Å². The number of aromatic amines is 1. The van der Waals surface area contributed by atoms with Gasteiger partial charge < -0.3 is 9.72 Å². The summed E-state index contributed by atoms with van der Waals surface area (Å²) in [4.78, 5) is 20.6. The number of benzene rings is 1. The van der Waals surface area contributed by atoms with Gasteiger partial charge in [-0.1, -0.05) is 23.9 Å². The zero-order valence-electron chi connectivity index (χ0n) is 13.0. The summed E-state index contributed by atoms with van der Waals surface area (Å²) in [6.07, 6.45) is 1.29. The second-order valence-electron chi connectivity index (χ2n) is 5.04. The fraction of sp³-hybridized carbons (Fsp3) is 0.235. The molecule has 3 rings (SSSR count). The van der Waals surface area contributed by atoms with Crippen LogP contribution in [0.3, 0.4) is 0 Å². The summed E-state index contributed by atoms with van der Waals surface area (Å²) >= 11 is 2.93. The topological polar surface area (TPSA) is 78.8 Å². The molecule has 0 radical (unpaired) electrons. The Morgan fingerprint density at radius 2 is 2.33 bits per heavy atom. The van der Waals surface area contributed by atoms with Gasteiger partial charge in [-0.3, -0.25) is 4.79 Å². The van der Waals surface area contributed by atoms with E-state index in [-0.39, 0.29) is 5.56 Å². The molecule has 122 valence electrons. The first kappa shape index (κ1) is 16.6. The zero-order chi connectivity index (χ0) is 16.9. The molecule has 0 bridgehead atoms. The summed E-state index contributed by atoms with van der Waals surface area (Å²) in [5.74, 6) is 1.51. The van der Waals surface area contributed by atoms with Crippen LogP contribution < -0.4 is 10.3 Å². The lowest BCUT2D eigenvalue weighted by Crippen LogP contribution is -2.08. The molecule has 0 unspecified atom stereocenters. The highest BCUT2D eigenvalue weighted by Gasteiger charge is 2.13. The normalized spacial score (nSPS) is 10.7. The van der Waals surface area contributed by atoms with Crippen LogP contribution in [-0.2, 0) is 0 Å². The predicted molar refractivity (Wildman–Crippen MR) is 97.8 cm³/mol. The van der Waals surface area contributed by atoms with E-state index in [1.165, 1.54) is 23.1 Å². The van der Waals surface area contributed by atoms with Gasteiger partial charge in [0.25, 0.3) is 5.56 Å². The van der Waals surface area contributed by atoms with Gasteiger partial charge in [0.2, 0.25) is 0 Å². The van der Waals surface area contributed by atoms with Crippen molar-refractivity contribution in [1.82, 2.24) is 9.97 Å². The number of rotatable bonds is 6. The van der Waals surface area contributed by atoms with E-state index in [0.717, 1.165) is 33.9 Å². The predicted octanol–water partition coefficient (Wildman–Crippen LogP) is 4.06. The maximum Gasteiger partial charge on any atom is 0.260 e. The largest absolute Gasteiger partial charge is 0.497 e. The van der Waals surface area contributed by atoms with Gasteiger partial charge in [0.05, 0.1) is 18.6 Å². The van der Waals surface area contributed by atoms with Crippen molar-refractivity contribution in [2.75, 3.05) is 12.9 Å². The number of H-pyrrole nitrogens is 1. The number of fused-ring (bicyclic) bond motifs is 1. The number of hydrogen-bond donors (Lipinski definition) is 1. The Balaban J connectivity index is 1.95. The van der Waals surface area contributed by atoms with E-state index in [1.807, 2.05) is 29.6 Å². The van der Waals surface area contributed by atoms with Crippen LogP contribution in [0, 0.1) is 11.3 Å². The smallest absolute Gasteiger partial charge is 0.260 e. The molecule has 7 heteroatoms. The number of hydrogen-bond acceptors (Lipinski definition) is 6. The van der Waals surface area contributed by atoms with Gasteiger partial charge in [-0.25, -0.2) is 4.98 Å². The first-order valence-electron chi connectivity index (χ1n) is 7.38. The first-order chi connectivity index (χ1) is 11.7. The zero-order valence-corrected chi connectivity index (χ0v) is 14.7. The van der Waals surface area contributed by atoms with Crippen LogP contribution in [0.25, 0.3) is 21.3 Å². The Hall–Kier alpha value is -2.30. The quantitative estimate of drug-likeness (QED) is 0.409. The van der Waals surface area contributed by atoms with Crippen molar-refractivity contribution >= 4 is 33.3 Å². The summed E-state index contributed by atoms with van der Waals surface area (Å²) in [6, 6.07) is 9.75. The molecular weight excluding hydrogens is 342 g/mol.